The number of halogens is 3. The van der Waals surface area contributed by atoms with Crippen molar-refractivity contribution in [2.45, 2.75) is 51.1 Å². The van der Waals surface area contributed by atoms with Crippen molar-refractivity contribution in [3.8, 4) is 0 Å². The SMILES string of the molecule is Cc1ccc(C(F)(F)F)c(C2CC2CCN2CCCCC2)c1. The molecule has 0 amide bonds. The molecular weight excluding hydrogens is 287 g/mol. The van der Waals surface area contributed by atoms with Crippen molar-refractivity contribution in [2.75, 3.05) is 19.6 Å². The lowest BCUT2D eigenvalue weighted by Gasteiger charge is -2.26. The van der Waals surface area contributed by atoms with E-state index in [-0.39, 0.29) is 5.92 Å². The molecule has 0 aromatic heterocycles. The van der Waals surface area contributed by atoms with E-state index in [0.717, 1.165) is 38.0 Å². The van der Waals surface area contributed by atoms with Crippen LogP contribution < -0.4 is 0 Å². The van der Waals surface area contributed by atoms with Gasteiger partial charge in [0.1, 0.15) is 0 Å². The van der Waals surface area contributed by atoms with Crippen LogP contribution in [0, 0.1) is 12.8 Å². The average molecular weight is 311 g/mol. The first kappa shape index (κ1) is 15.9. The van der Waals surface area contributed by atoms with Crippen LogP contribution in [0.5, 0.6) is 0 Å². The summed E-state index contributed by atoms with van der Waals surface area (Å²) in [7, 11) is 0. The third kappa shape index (κ3) is 3.65. The molecular formula is C18H24F3N. The fraction of sp³-hybridized carbons (Fsp3) is 0.667. The molecule has 2 fully saturated rings. The number of rotatable bonds is 4. The maximum atomic E-state index is 13.2. The monoisotopic (exact) mass is 311 g/mol. The fourth-order valence-electron chi connectivity index (χ4n) is 3.73. The molecule has 1 saturated heterocycles. The molecule has 0 N–H and O–H groups in total. The van der Waals surface area contributed by atoms with Crippen LogP contribution in [0.4, 0.5) is 13.2 Å². The Kier molecular flexibility index (Phi) is 4.49. The molecule has 1 aromatic carbocycles. The van der Waals surface area contributed by atoms with Crippen molar-refractivity contribution < 1.29 is 13.2 Å². The second-order valence-corrected chi connectivity index (χ2v) is 6.88. The first-order valence-corrected chi connectivity index (χ1v) is 8.35. The van der Waals surface area contributed by atoms with E-state index in [1.165, 1.54) is 25.3 Å². The Morgan fingerprint density at radius 1 is 1.14 bits per heavy atom. The summed E-state index contributed by atoms with van der Waals surface area (Å²) in [6.45, 7) is 5.24. The van der Waals surface area contributed by atoms with Crippen molar-refractivity contribution in [3.63, 3.8) is 0 Å². The van der Waals surface area contributed by atoms with Crippen LogP contribution >= 0.6 is 0 Å². The van der Waals surface area contributed by atoms with Gasteiger partial charge in [-0.1, -0.05) is 24.1 Å². The Morgan fingerprint density at radius 3 is 2.55 bits per heavy atom. The van der Waals surface area contributed by atoms with Crippen molar-refractivity contribution in [2.24, 2.45) is 5.92 Å². The molecule has 1 aliphatic carbocycles. The normalized spacial score (nSPS) is 26.2. The molecule has 0 radical (unpaired) electrons. The third-order valence-electron chi connectivity index (χ3n) is 5.10. The van der Waals surface area contributed by atoms with E-state index in [2.05, 4.69) is 4.90 Å². The lowest BCUT2D eigenvalue weighted by Crippen LogP contribution is -2.30. The van der Waals surface area contributed by atoms with E-state index in [4.69, 9.17) is 0 Å². The van der Waals surface area contributed by atoms with E-state index < -0.39 is 11.7 Å². The van der Waals surface area contributed by atoms with E-state index in [0.29, 0.717) is 11.5 Å². The van der Waals surface area contributed by atoms with Crippen LogP contribution in [0.25, 0.3) is 0 Å². The third-order valence-corrected chi connectivity index (χ3v) is 5.10. The van der Waals surface area contributed by atoms with Crippen LogP contribution in [-0.4, -0.2) is 24.5 Å². The second-order valence-electron chi connectivity index (χ2n) is 6.88. The minimum absolute atomic E-state index is 0.112. The molecule has 4 heteroatoms. The molecule has 1 saturated carbocycles. The lowest BCUT2D eigenvalue weighted by atomic mass is 9.98. The Hall–Kier alpha value is -1.03. The van der Waals surface area contributed by atoms with Gasteiger partial charge in [-0.15, -0.1) is 0 Å². The number of alkyl halides is 3. The van der Waals surface area contributed by atoms with Gasteiger partial charge >= 0.3 is 6.18 Å². The molecule has 1 nitrogen and oxygen atoms in total. The Labute approximate surface area is 130 Å². The summed E-state index contributed by atoms with van der Waals surface area (Å²) in [4.78, 5) is 2.47. The molecule has 1 aromatic rings. The maximum Gasteiger partial charge on any atom is 0.416 e. The van der Waals surface area contributed by atoms with Crippen molar-refractivity contribution in [1.29, 1.82) is 0 Å². The standard InChI is InChI=1S/C18H24F3N/c1-13-5-6-17(18(19,20)21)16(11-13)15-12-14(15)7-10-22-8-3-2-4-9-22/h5-6,11,14-15H,2-4,7-10,12H2,1H3. The molecule has 1 aliphatic heterocycles. The van der Waals surface area contributed by atoms with Crippen LogP contribution in [0.1, 0.15) is 54.7 Å². The van der Waals surface area contributed by atoms with Crippen LogP contribution in [0.2, 0.25) is 0 Å². The summed E-state index contributed by atoms with van der Waals surface area (Å²) in [6, 6.07) is 4.57. The Bertz CT molecular complexity index is 518. The highest BCUT2D eigenvalue weighted by Gasteiger charge is 2.43. The maximum absolute atomic E-state index is 13.2. The predicted octanol–water partition coefficient (Wildman–Crippen LogP) is 4.99. The number of benzene rings is 1. The van der Waals surface area contributed by atoms with Crippen LogP contribution in [0.15, 0.2) is 18.2 Å². The highest BCUT2D eigenvalue weighted by Crippen LogP contribution is 2.52. The molecule has 122 valence electrons. The number of aryl methyl sites for hydroxylation is 1. The number of hydrogen-bond acceptors (Lipinski definition) is 1. The van der Waals surface area contributed by atoms with Gasteiger partial charge in [0, 0.05) is 0 Å². The van der Waals surface area contributed by atoms with Crippen molar-refractivity contribution in [1.82, 2.24) is 4.90 Å². The minimum Gasteiger partial charge on any atom is -0.303 e. The van der Waals surface area contributed by atoms with Crippen LogP contribution in [0.3, 0.4) is 0 Å². The summed E-state index contributed by atoms with van der Waals surface area (Å²) < 4.78 is 39.5. The fourth-order valence-corrected chi connectivity index (χ4v) is 3.73. The average Bonchev–Trinajstić information content (AvgIpc) is 3.24. The number of piperidine rings is 1. The number of hydrogen-bond donors (Lipinski definition) is 0. The van der Waals surface area contributed by atoms with Gasteiger partial charge in [-0.3, -0.25) is 0 Å². The molecule has 2 unspecified atom stereocenters. The largest absolute Gasteiger partial charge is 0.416 e. The van der Waals surface area contributed by atoms with E-state index in [1.54, 1.807) is 12.1 Å². The first-order valence-electron chi connectivity index (χ1n) is 8.35. The van der Waals surface area contributed by atoms with Gasteiger partial charge in [0.15, 0.2) is 0 Å². The second kappa shape index (κ2) is 6.23. The zero-order valence-electron chi connectivity index (χ0n) is 13.1. The lowest BCUT2D eigenvalue weighted by molar-refractivity contribution is -0.138. The molecule has 2 aliphatic rings. The van der Waals surface area contributed by atoms with Gasteiger partial charge in [-0.05, 0) is 75.7 Å². The summed E-state index contributed by atoms with van der Waals surface area (Å²) in [5.41, 5.74) is 1.02. The van der Waals surface area contributed by atoms with Gasteiger partial charge in [0.25, 0.3) is 0 Å². The molecule has 2 atom stereocenters. The van der Waals surface area contributed by atoms with Crippen LogP contribution in [-0.2, 0) is 6.18 Å². The molecule has 0 bridgehead atoms. The van der Waals surface area contributed by atoms with E-state index in [9.17, 15) is 13.2 Å². The van der Waals surface area contributed by atoms with Gasteiger partial charge < -0.3 is 4.90 Å². The highest BCUT2D eigenvalue weighted by atomic mass is 19.4. The Morgan fingerprint density at radius 2 is 1.86 bits per heavy atom. The number of nitrogens with zero attached hydrogens (tertiary/aromatic N) is 1. The molecule has 0 spiro atoms. The summed E-state index contributed by atoms with van der Waals surface area (Å²) >= 11 is 0. The van der Waals surface area contributed by atoms with Gasteiger partial charge in [0.05, 0.1) is 5.56 Å². The van der Waals surface area contributed by atoms with Crippen molar-refractivity contribution in [3.05, 3.63) is 34.9 Å². The van der Waals surface area contributed by atoms with E-state index in [1.807, 2.05) is 6.92 Å². The number of likely N-dealkylation sites (tertiary alicyclic amines) is 1. The quantitative estimate of drug-likeness (QED) is 0.757. The Balaban J connectivity index is 1.62. The smallest absolute Gasteiger partial charge is 0.303 e. The van der Waals surface area contributed by atoms with Crippen molar-refractivity contribution >= 4 is 0 Å². The van der Waals surface area contributed by atoms with Gasteiger partial charge in [-0.2, -0.15) is 13.2 Å². The minimum atomic E-state index is -4.23. The summed E-state index contributed by atoms with van der Waals surface area (Å²) in [6.07, 6.45) is 1.58. The zero-order chi connectivity index (χ0) is 15.7. The van der Waals surface area contributed by atoms with Gasteiger partial charge in [0.2, 0.25) is 0 Å². The molecule has 3 rings (SSSR count). The predicted molar refractivity (Wildman–Crippen MR) is 81.9 cm³/mol. The zero-order valence-corrected chi connectivity index (χ0v) is 13.1. The molecule has 22 heavy (non-hydrogen) atoms. The van der Waals surface area contributed by atoms with Gasteiger partial charge in [-0.25, -0.2) is 0 Å². The molecule has 1 heterocycles. The van der Waals surface area contributed by atoms with E-state index >= 15 is 0 Å². The topological polar surface area (TPSA) is 3.24 Å². The summed E-state index contributed by atoms with van der Waals surface area (Å²) in [5.74, 6) is 0.547. The first-order chi connectivity index (χ1) is 10.4. The highest BCUT2D eigenvalue weighted by molar-refractivity contribution is 5.39. The summed E-state index contributed by atoms with van der Waals surface area (Å²) in [5, 5.41) is 0.